The lowest BCUT2D eigenvalue weighted by molar-refractivity contribution is -0.228. The van der Waals surface area contributed by atoms with Crippen LogP contribution in [-0.2, 0) is 14.9 Å². The second-order valence-electron chi connectivity index (χ2n) is 6.40. The van der Waals surface area contributed by atoms with E-state index in [-0.39, 0.29) is 11.2 Å². The monoisotopic (exact) mass is 303 g/mol. The van der Waals surface area contributed by atoms with Crippen molar-refractivity contribution in [2.45, 2.75) is 43.8 Å². The van der Waals surface area contributed by atoms with Crippen LogP contribution in [-0.4, -0.2) is 25.0 Å². The van der Waals surface area contributed by atoms with Crippen molar-refractivity contribution in [3.63, 3.8) is 0 Å². The molecule has 1 aliphatic rings. The van der Waals surface area contributed by atoms with Crippen molar-refractivity contribution in [2.24, 2.45) is 0 Å². The highest BCUT2D eigenvalue weighted by Crippen LogP contribution is 2.46. The highest BCUT2D eigenvalue weighted by Gasteiger charge is 2.42. The second-order valence-corrected chi connectivity index (χ2v) is 6.40. The van der Waals surface area contributed by atoms with E-state index < -0.39 is 5.79 Å². The smallest absolute Gasteiger partial charge is 0.167 e. The number of hydrogen-bond donors (Lipinski definition) is 0. The molecule has 1 saturated carbocycles. The maximum Gasteiger partial charge on any atom is 0.167 e. The summed E-state index contributed by atoms with van der Waals surface area (Å²) in [5, 5.41) is 0.910. The van der Waals surface area contributed by atoms with Gasteiger partial charge in [-0.05, 0) is 48.1 Å². The van der Waals surface area contributed by atoms with Gasteiger partial charge in [-0.3, -0.25) is 4.98 Å². The summed E-state index contributed by atoms with van der Waals surface area (Å²) in [6.07, 6.45) is 5.34. The van der Waals surface area contributed by atoms with Crippen molar-refractivity contribution in [2.75, 3.05) is 14.2 Å². The number of rotatable bonds is 3. The number of ether oxygens (including phenoxy) is 2. The van der Waals surface area contributed by atoms with Crippen molar-refractivity contribution in [3.05, 3.63) is 41.8 Å². The summed E-state index contributed by atoms with van der Waals surface area (Å²) in [4.78, 5) is 4.35. The van der Waals surface area contributed by atoms with E-state index in [0.29, 0.717) is 0 Å². The zero-order valence-corrected chi connectivity index (χ0v) is 13.4. The molecular weight excluding hydrogens is 281 g/mol. The van der Waals surface area contributed by atoms with Crippen molar-refractivity contribution in [1.82, 2.24) is 4.98 Å². The van der Waals surface area contributed by atoms with E-state index in [4.69, 9.17) is 9.47 Å². The highest BCUT2D eigenvalue weighted by molar-refractivity contribution is 5.83. The number of pyridine rings is 1. The Kier molecular flexibility index (Phi) is 3.91. The normalized spacial score (nSPS) is 20.2. The number of hydrogen-bond acceptors (Lipinski definition) is 3. The van der Waals surface area contributed by atoms with E-state index in [0.717, 1.165) is 42.1 Å². The number of benzene rings is 1. The highest BCUT2D eigenvalue weighted by atomic mass is 19.1. The fourth-order valence-corrected chi connectivity index (χ4v) is 3.59. The van der Waals surface area contributed by atoms with Gasteiger partial charge in [-0.2, -0.15) is 0 Å². The molecule has 1 fully saturated rings. The van der Waals surface area contributed by atoms with Crippen LogP contribution in [0.4, 0.5) is 4.39 Å². The van der Waals surface area contributed by atoms with E-state index in [9.17, 15) is 4.39 Å². The molecule has 0 unspecified atom stereocenters. The van der Waals surface area contributed by atoms with Gasteiger partial charge in [0.1, 0.15) is 5.82 Å². The predicted molar refractivity (Wildman–Crippen MR) is 84.3 cm³/mol. The molecule has 0 aliphatic heterocycles. The third-order valence-electron chi connectivity index (χ3n) is 5.21. The molecule has 2 aromatic rings. The first-order chi connectivity index (χ1) is 10.5. The molecule has 0 N–H and O–H groups in total. The Labute approximate surface area is 130 Å². The summed E-state index contributed by atoms with van der Waals surface area (Å²) in [6.45, 7) is 2.24. The molecule has 1 heterocycles. The van der Waals surface area contributed by atoms with Crippen molar-refractivity contribution >= 4 is 10.9 Å². The summed E-state index contributed by atoms with van der Waals surface area (Å²) in [5.74, 6) is -0.697. The molecule has 0 saturated heterocycles. The molecule has 0 amide bonds. The van der Waals surface area contributed by atoms with Crippen LogP contribution in [0.1, 0.15) is 38.2 Å². The van der Waals surface area contributed by atoms with E-state index in [1.165, 1.54) is 6.07 Å². The van der Waals surface area contributed by atoms with Gasteiger partial charge in [-0.15, -0.1) is 0 Å². The standard InChI is InChI=1S/C18H22FNO2/c1-17(7-9-18(21-2,22-3)10-8-17)15-6-11-20-16-5-4-13(19)12-14(15)16/h4-6,11-12H,7-10H2,1-3H3. The molecule has 3 rings (SSSR count). The molecule has 3 nitrogen and oxygen atoms in total. The van der Waals surface area contributed by atoms with Crippen LogP contribution in [0.3, 0.4) is 0 Å². The average molecular weight is 303 g/mol. The summed E-state index contributed by atoms with van der Waals surface area (Å²) in [5.41, 5.74) is 1.99. The van der Waals surface area contributed by atoms with Gasteiger partial charge in [0.15, 0.2) is 5.79 Å². The van der Waals surface area contributed by atoms with Crippen LogP contribution in [0.5, 0.6) is 0 Å². The largest absolute Gasteiger partial charge is 0.353 e. The number of aromatic nitrogens is 1. The minimum absolute atomic E-state index is 0.0183. The van der Waals surface area contributed by atoms with Gasteiger partial charge >= 0.3 is 0 Å². The maximum absolute atomic E-state index is 13.7. The van der Waals surface area contributed by atoms with Crippen LogP contribution in [0.25, 0.3) is 10.9 Å². The molecule has 0 radical (unpaired) electrons. The van der Waals surface area contributed by atoms with Gasteiger partial charge in [0.2, 0.25) is 0 Å². The lowest BCUT2D eigenvalue weighted by atomic mass is 9.68. The van der Waals surface area contributed by atoms with Crippen LogP contribution < -0.4 is 0 Å². The second kappa shape index (κ2) is 5.60. The Morgan fingerprint density at radius 3 is 2.36 bits per heavy atom. The molecule has 22 heavy (non-hydrogen) atoms. The summed E-state index contributed by atoms with van der Waals surface area (Å²) in [7, 11) is 3.40. The van der Waals surface area contributed by atoms with Gasteiger partial charge in [-0.25, -0.2) is 4.39 Å². The van der Waals surface area contributed by atoms with Gasteiger partial charge in [-0.1, -0.05) is 6.92 Å². The molecule has 1 aliphatic carbocycles. The number of halogens is 1. The summed E-state index contributed by atoms with van der Waals surface area (Å²) < 4.78 is 24.8. The third kappa shape index (κ3) is 2.50. The Morgan fingerprint density at radius 1 is 1.05 bits per heavy atom. The Balaban J connectivity index is 1.99. The van der Waals surface area contributed by atoms with Crippen LogP contribution in [0.2, 0.25) is 0 Å². The fraction of sp³-hybridized carbons (Fsp3) is 0.500. The quantitative estimate of drug-likeness (QED) is 0.797. The van der Waals surface area contributed by atoms with E-state index in [1.54, 1.807) is 26.4 Å². The van der Waals surface area contributed by atoms with E-state index in [2.05, 4.69) is 11.9 Å². The van der Waals surface area contributed by atoms with Crippen molar-refractivity contribution < 1.29 is 13.9 Å². The van der Waals surface area contributed by atoms with E-state index >= 15 is 0 Å². The predicted octanol–water partition coefficient (Wildman–Crippen LogP) is 4.19. The minimum Gasteiger partial charge on any atom is -0.353 e. The first-order valence-electron chi connectivity index (χ1n) is 7.67. The molecule has 1 aromatic heterocycles. The fourth-order valence-electron chi connectivity index (χ4n) is 3.59. The minimum atomic E-state index is -0.479. The zero-order chi connectivity index (χ0) is 15.8. The molecule has 0 atom stereocenters. The molecule has 0 spiro atoms. The Morgan fingerprint density at radius 2 is 1.73 bits per heavy atom. The molecular formula is C18H22FNO2. The summed E-state index contributed by atoms with van der Waals surface area (Å²) >= 11 is 0. The number of nitrogens with zero attached hydrogens (tertiary/aromatic N) is 1. The first kappa shape index (κ1) is 15.4. The lowest BCUT2D eigenvalue weighted by Gasteiger charge is -2.43. The molecule has 1 aromatic carbocycles. The maximum atomic E-state index is 13.7. The average Bonchev–Trinajstić information content (AvgIpc) is 2.55. The zero-order valence-electron chi connectivity index (χ0n) is 13.4. The molecule has 0 bridgehead atoms. The Hall–Kier alpha value is -1.52. The van der Waals surface area contributed by atoms with E-state index in [1.807, 2.05) is 12.3 Å². The van der Waals surface area contributed by atoms with Crippen LogP contribution in [0, 0.1) is 5.82 Å². The molecule has 4 heteroatoms. The Bertz CT molecular complexity index is 672. The third-order valence-corrected chi connectivity index (χ3v) is 5.21. The van der Waals surface area contributed by atoms with Gasteiger partial charge in [0, 0.05) is 38.6 Å². The van der Waals surface area contributed by atoms with Gasteiger partial charge in [0.25, 0.3) is 0 Å². The van der Waals surface area contributed by atoms with Gasteiger partial charge < -0.3 is 9.47 Å². The number of methoxy groups -OCH3 is 2. The first-order valence-corrected chi connectivity index (χ1v) is 7.67. The van der Waals surface area contributed by atoms with Crippen molar-refractivity contribution in [3.8, 4) is 0 Å². The van der Waals surface area contributed by atoms with Gasteiger partial charge in [0.05, 0.1) is 5.52 Å². The van der Waals surface area contributed by atoms with Crippen LogP contribution in [0.15, 0.2) is 30.5 Å². The molecule has 118 valence electrons. The lowest BCUT2D eigenvalue weighted by Crippen LogP contribution is -2.42. The SMILES string of the molecule is COC1(OC)CCC(C)(c2ccnc3ccc(F)cc23)CC1. The number of fused-ring (bicyclic) bond motifs is 1. The summed E-state index contributed by atoms with van der Waals surface area (Å²) in [6, 6.07) is 6.82. The van der Waals surface area contributed by atoms with Crippen LogP contribution >= 0.6 is 0 Å². The topological polar surface area (TPSA) is 31.4 Å². The van der Waals surface area contributed by atoms with Crippen molar-refractivity contribution in [1.29, 1.82) is 0 Å².